The topological polar surface area (TPSA) is 326 Å². The van der Waals surface area contributed by atoms with Gasteiger partial charge in [0.05, 0.1) is 42.0 Å². The van der Waals surface area contributed by atoms with Gasteiger partial charge in [-0.05, 0) is 54.8 Å². The van der Waals surface area contributed by atoms with Crippen LogP contribution in [0.15, 0.2) is 102 Å². The Morgan fingerprint density at radius 3 is 2.00 bits per heavy atom. The first-order valence-electron chi connectivity index (χ1n) is 23.9. The number of aliphatic hydroxyl groups is 2. The summed E-state index contributed by atoms with van der Waals surface area (Å²) in [5, 5.41) is 33.1. The van der Waals surface area contributed by atoms with E-state index in [9.17, 15) is 52.0 Å². The normalized spacial score (nSPS) is 28.4. The maximum atomic E-state index is 15.7. The number of Topliss-reactive ketones (excluding diaryl/α,β-unsaturated/α-hetero) is 1. The lowest BCUT2D eigenvalue weighted by atomic mass is 9.44. The highest BCUT2D eigenvalue weighted by molar-refractivity contribution is 7.85. The molecule has 0 aromatic heterocycles. The molecule has 3 aromatic rings. The summed E-state index contributed by atoms with van der Waals surface area (Å²) in [5.41, 5.74) is -8.17. The number of nitrogens with one attached hydrogen (secondary N) is 3. The fraction of sp³-hybridized carbons (Fsp3) is 0.462. The second-order valence-electron chi connectivity index (χ2n) is 19.7. The van der Waals surface area contributed by atoms with Gasteiger partial charge in [-0.1, -0.05) is 80.6 Å². The number of ether oxygens (including phenoxy) is 6. The number of carbonyl (C=O) groups excluding carboxylic acids is 8. The van der Waals surface area contributed by atoms with E-state index in [2.05, 4.69) is 16.0 Å². The average molecular weight is 1060 g/mol. The van der Waals surface area contributed by atoms with Gasteiger partial charge in [-0.15, -0.1) is 0 Å². The van der Waals surface area contributed by atoms with Crippen LogP contribution in [0.3, 0.4) is 0 Å². The van der Waals surface area contributed by atoms with Gasteiger partial charge in [-0.3, -0.25) is 34.1 Å². The fourth-order valence-corrected chi connectivity index (χ4v) is 11.3. The van der Waals surface area contributed by atoms with Gasteiger partial charge in [-0.25, -0.2) is 18.0 Å². The number of rotatable bonds is 17. The summed E-state index contributed by atoms with van der Waals surface area (Å²) in [6, 6.07) is 21.6. The quantitative estimate of drug-likeness (QED) is 0.0553. The summed E-state index contributed by atoms with van der Waals surface area (Å²) in [6.07, 6.45) is -11.5. The van der Waals surface area contributed by atoms with E-state index in [1.807, 2.05) is 0 Å². The Labute approximate surface area is 431 Å². The zero-order valence-corrected chi connectivity index (χ0v) is 42.6. The maximum absolute atomic E-state index is 15.7. The molecular formula is C52H58N3O19S-. The molecular weight excluding hydrogens is 1000 g/mol. The summed E-state index contributed by atoms with van der Waals surface area (Å²) in [7, 11) is -4.76. The van der Waals surface area contributed by atoms with Crippen molar-refractivity contribution >= 4 is 57.6 Å². The van der Waals surface area contributed by atoms with Crippen LogP contribution in [0, 0.1) is 16.7 Å². The van der Waals surface area contributed by atoms with E-state index < -0.39 is 160 Å². The zero-order chi connectivity index (χ0) is 54.8. The van der Waals surface area contributed by atoms with Gasteiger partial charge in [0.25, 0.3) is 5.91 Å². The van der Waals surface area contributed by atoms with E-state index in [0.717, 1.165) is 13.8 Å². The van der Waals surface area contributed by atoms with Gasteiger partial charge in [0, 0.05) is 37.7 Å². The third kappa shape index (κ3) is 11.1. The number of ketones is 1. The van der Waals surface area contributed by atoms with Crippen LogP contribution in [-0.4, -0.2) is 144 Å². The molecule has 1 unspecified atom stereocenters. The number of carbonyl (C=O) groups is 8. The van der Waals surface area contributed by atoms with E-state index >= 15 is 9.59 Å². The molecule has 4 aliphatic rings. The van der Waals surface area contributed by atoms with Gasteiger partial charge < -0.3 is 53.8 Å². The largest absolute Gasteiger partial charge is 0.747 e. The van der Waals surface area contributed by atoms with Crippen LogP contribution >= 0.6 is 0 Å². The third-order valence-electron chi connectivity index (χ3n) is 14.7. The number of esters is 5. The number of hydrogen-bond acceptors (Lipinski definition) is 20. The minimum Gasteiger partial charge on any atom is -0.747 e. The molecule has 11 atom stereocenters. The van der Waals surface area contributed by atoms with E-state index in [1.165, 1.54) is 64.1 Å². The zero-order valence-electron chi connectivity index (χ0n) is 41.8. The van der Waals surface area contributed by atoms with Crippen molar-refractivity contribution in [2.24, 2.45) is 16.7 Å². The van der Waals surface area contributed by atoms with Crippen molar-refractivity contribution in [3.05, 3.63) is 119 Å². The molecule has 2 bridgehead atoms. The average Bonchev–Trinajstić information content (AvgIpc) is 3.35. The number of aliphatic hydroxyl groups excluding tert-OH is 1. The minimum atomic E-state index is -4.76. The predicted molar refractivity (Wildman–Crippen MR) is 257 cm³/mol. The van der Waals surface area contributed by atoms with E-state index in [4.69, 9.17) is 28.4 Å². The molecule has 75 heavy (non-hydrogen) atoms. The molecule has 2 saturated carbocycles. The SMILES string of the molecule is CC(=O)O[C@H]1C(=O)[C@@]2(C)C([C@H](OC(=O)c3ccccc3)[C@]3(O)C[C@H](OC(=O)[C@H](OC(=O)CNC(=O)CNCS(=O)(=O)[O-])[C@@H](NC(=O)c4ccccc4)c4ccccc4)C(C)=C1C3(C)C)[C@]1(OC(C)=O)CO[C@@H]1C[C@@H]2O. The van der Waals surface area contributed by atoms with Crippen LogP contribution in [0.25, 0.3) is 0 Å². The Morgan fingerprint density at radius 2 is 1.44 bits per heavy atom. The third-order valence-corrected chi connectivity index (χ3v) is 15.3. The van der Waals surface area contributed by atoms with Crippen LogP contribution in [0.1, 0.15) is 86.7 Å². The Bertz CT molecular complexity index is 2860. The molecule has 22 nitrogen and oxygen atoms in total. The summed E-state index contributed by atoms with van der Waals surface area (Å²) in [5.74, 6) is -10.9. The van der Waals surface area contributed by atoms with Crippen molar-refractivity contribution < 1.29 is 90.0 Å². The molecule has 402 valence electrons. The first-order chi connectivity index (χ1) is 35.2. The molecule has 1 saturated heterocycles. The van der Waals surface area contributed by atoms with E-state index in [-0.39, 0.29) is 34.3 Å². The molecule has 1 heterocycles. The van der Waals surface area contributed by atoms with Crippen LogP contribution in [0.2, 0.25) is 0 Å². The van der Waals surface area contributed by atoms with Gasteiger partial charge in [0.1, 0.15) is 46.6 Å². The number of amides is 2. The van der Waals surface area contributed by atoms with Crippen LogP contribution < -0.4 is 16.0 Å². The number of fused-ring (bicyclic) bond motifs is 5. The summed E-state index contributed by atoms with van der Waals surface area (Å²) in [4.78, 5) is 112. The smallest absolute Gasteiger partial charge is 0.350 e. The minimum absolute atomic E-state index is 0.00570. The maximum Gasteiger partial charge on any atom is 0.350 e. The first kappa shape index (κ1) is 55.9. The van der Waals surface area contributed by atoms with Crippen LogP contribution in [-0.2, 0) is 67.3 Å². The Hall–Kier alpha value is -6.89. The molecule has 0 radical (unpaired) electrons. The van der Waals surface area contributed by atoms with Crippen LogP contribution in [0.4, 0.5) is 0 Å². The van der Waals surface area contributed by atoms with Crippen molar-refractivity contribution in [1.82, 2.24) is 16.0 Å². The molecule has 23 heteroatoms. The molecule has 3 aliphatic carbocycles. The van der Waals surface area contributed by atoms with E-state index in [0.29, 0.717) is 0 Å². The summed E-state index contributed by atoms with van der Waals surface area (Å²) in [6.45, 7) is 5.84. The van der Waals surface area contributed by atoms with Crippen molar-refractivity contribution in [3.63, 3.8) is 0 Å². The highest BCUT2D eigenvalue weighted by Crippen LogP contribution is 2.64. The lowest BCUT2D eigenvalue weighted by Gasteiger charge is -2.67. The van der Waals surface area contributed by atoms with Crippen molar-refractivity contribution in [3.8, 4) is 0 Å². The predicted octanol–water partition coefficient (Wildman–Crippen LogP) is 1.50. The highest BCUT2D eigenvalue weighted by Gasteiger charge is 2.78. The molecule has 3 aromatic carbocycles. The molecule has 1 aliphatic heterocycles. The van der Waals surface area contributed by atoms with Crippen LogP contribution in [0.5, 0.6) is 0 Å². The van der Waals surface area contributed by atoms with Gasteiger partial charge in [-0.2, -0.15) is 0 Å². The lowest BCUT2D eigenvalue weighted by Crippen LogP contribution is -2.82. The second-order valence-corrected chi connectivity index (χ2v) is 21.1. The van der Waals surface area contributed by atoms with Gasteiger partial charge in [0.15, 0.2) is 17.5 Å². The fourth-order valence-electron chi connectivity index (χ4n) is 11.0. The number of benzene rings is 3. The molecule has 2 amide bonds. The second kappa shape index (κ2) is 21.8. The first-order valence-corrected chi connectivity index (χ1v) is 25.4. The van der Waals surface area contributed by atoms with Crippen molar-refractivity contribution in [2.75, 3.05) is 25.6 Å². The monoisotopic (exact) mass is 1060 g/mol. The van der Waals surface area contributed by atoms with Gasteiger partial charge >= 0.3 is 29.8 Å². The van der Waals surface area contributed by atoms with Crippen molar-refractivity contribution in [2.45, 2.75) is 108 Å². The summed E-state index contributed by atoms with van der Waals surface area (Å²) >= 11 is 0. The Balaban J connectivity index is 1.38. The van der Waals surface area contributed by atoms with Crippen molar-refractivity contribution in [1.29, 1.82) is 0 Å². The highest BCUT2D eigenvalue weighted by atomic mass is 32.2. The summed E-state index contributed by atoms with van der Waals surface area (Å²) < 4.78 is 69.5. The van der Waals surface area contributed by atoms with E-state index in [1.54, 1.807) is 54.6 Å². The Kier molecular flexibility index (Phi) is 16.2. The molecule has 5 N–H and O–H groups in total. The lowest BCUT2D eigenvalue weighted by molar-refractivity contribution is -0.346. The molecule has 0 spiro atoms. The van der Waals surface area contributed by atoms with Gasteiger partial charge in [0.2, 0.25) is 12.0 Å². The standard InChI is InChI=1S/C52H59N3O19S/c1-28-34(71-48(64)42(72-38(60)25-54-37(59)24-53-27-75(66,67)68)40(31-16-10-7-11-17-31)55-46(62)32-18-12-8-13-19-32)23-52(65)45(73-47(63)33-20-14-9-15-21-33)43-50(6,35(58)22-36-51(43,26-69-36)74-30(3)57)44(61)41(70-29(2)56)39(28)49(52,4)5/h7-21,34-36,40-43,45,53,58,65H,22-27H2,1-6H3,(H,54,59)(H,55,62)(H,66,67,68)/p-1/t34-,35-,36+,40-,41+,42+,43?,45-,50+,51-,52+/m0/s1. The molecule has 7 rings (SSSR count). The Morgan fingerprint density at radius 1 is 0.840 bits per heavy atom. The number of hydrogen-bond donors (Lipinski definition) is 5. The molecule has 3 fully saturated rings.